The summed E-state index contributed by atoms with van der Waals surface area (Å²) in [5.74, 6) is -0.505. The number of halogens is 1. The molecule has 0 aliphatic heterocycles. The van der Waals surface area contributed by atoms with E-state index in [2.05, 4.69) is 31.3 Å². The number of amides is 1. The number of benzene rings is 1. The number of carbonyl (C=O) groups is 1. The van der Waals surface area contributed by atoms with Gasteiger partial charge in [-0.2, -0.15) is 10.5 Å². The number of aromatic nitrogens is 4. The zero-order valence-electron chi connectivity index (χ0n) is 13.8. The van der Waals surface area contributed by atoms with Crippen molar-refractivity contribution in [3.63, 3.8) is 0 Å². The number of nitriles is 1. The molecule has 10 heteroatoms. The first kappa shape index (κ1) is 17.9. The van der Waals surface area contributed by atoms with Crippen molar-refractivity contribution in [2.75, 3.05) is 10.6 Å². The fraction of sp³-hybridized carbons (Fsp3) is 0.267. The molecule has 0 fully saturated rings. The molecule has 0 saturated carbocycles. The van der Waals surface area contributed by atoms with Crippen LogP contribution in [0, 0.1) is 17.1 Å². The molecule has 130 valence electrons. The number of aromatic amines is 1. The molecule has 2 rings (SSSR count). The van der Waals surface area contributed by atoms with Crippen LogP contribution >= 0.6 is 0 Å². The smallest absolute Gasteiger partial charge is 0.412 e. The molecule has 0 atom stereocenters. The lowest BCUT2D eigenvalue weighted by atomic mass is 10.2. The van der Waals surface area contributed by atoms with Gasteiger partial charge >= 0.3 is 6.09 Å². The lowest BCUT2D eigenvalue weighted by molar-refractivity contribution is 0.0636. The number of anilines is 2. The molecule has 9 nitrogen and oxygen atoms in total. The fourth-order valence-corrected chi connectivity index (χ4v) is 1.71. The van der Waals surface area contributed by atoms with Gasteiger partial charge < -0.3 is 10.1 Å². The zero-order chi connectivity index (χ0) is 18.4. The van der Waals surface area contributed by atoms with Crippen molar-refractivity contribution in [1.82, 2.24) is 20.6 Å². The summed E-state index contributed by atoms with van der Waals surface area (Å²) in [6.45, 7) is 5.20. The standard InChI is InChI=1S/C15H16FN7O2/c1-15(2,3)25-14(24)19-10-4-5-11(16)12(6-10)18-8-9(7-17)13-20-22-23-21-13/h4-6,8,18H,1-3H3,(H,19,24)(H,20,21,22,23). The highest BCUT2D eigenvalue weighted by molar-refractivity contribution is 5.86. The molecule has 1 amide bonds. The van der Waals surface area contributed by atoms with Crippen molar-refractivity contribution in [3.8, 4) is 6.07 Å². The number of hydrogen-bond acceptors (Lipinski definition) is 7. The summed E-state index contributed by atoms with van der Waals surface area (Å²) in [4.78, 5) is 11.8. The summed E-state index contributed by atoms with van der Waals surface area (Å²) in [5, 5.41) is 27.1. The summed E-state index contributed by atoms with van der Waals surface area (Å²) in [6, 6.07) is 5.79. The average molecular weight is 345 g/mol. The lowest BCUT2D eigenvalue weighted by Crippen LogP contribution is -2.27. The van der Waals surface area contributed by atoms with Crippen LogP contribution in [0.3, 0.4) is 0 Å². The molecule has 0 aliphatic rings. The molecule has 3 N–H and O–H groups in total. The van der Waals surface area contributed by atoms with Crippen LogP contribution in [0.15, 0.2) is 24.4 Å². The number of tetrazole rings is 1. The van der Waals surface area contributed by atoms with Gasteiger partial charge in [0.25, 0.3) is 0 Å². The Morgan fingerprint density at radius 1 is 1.44 bits per heavy atom. The van der Waals surface area contributed by atoms with E-state index in [1.165, 1.54) is 24.4 Å². The Morgan fingerprint density at radius 3 is 2.80 bits per heavy atom. The SMILES string of the molecule is CC(C)(C)OC(=O)Nc1ccc(F)c(NC=C(C#N)c2nn[nH]n2)c1. The maximum atomic E-state index is 13.9. The normalized spacial score (nSPS) is 11.6. The van der Waals surface area contributed by atoms with Gasteiger partial charge in [0.15, 0.2) is 0 Å². The van der Waals surface area contributed by atoms with Gasteiger partial charge in [-0.25, -0.2) is 9.18 Å². The number of ether oxygens (including phenoxy) is 1. The van der Waals surface area contributed by atoms with E-state index in [0.717, 1.165) is 0 Å². The minimum absolute atomic E-state index is 0.0461. The van der Waals surface area contributed by atoms with E-state index < -0.39 is 17.5 Å². The second-order valence-corrected chi connectivity index (χ2v) is 5.87. The van der Waals surface area contributed by atoms with E-state index >= 15 is 0 Å². The van der Waals surface area contributed by atoms with Crippen molar-refractivity contribution < 1.29 is 13.9 Å². The van der Waals surface area contributed by atoms with Gasteiger partial charge in [0, 0.05) is 11.9 Å². The number of H-pyrrole nitrogens is 1. The van der Waals surface area contributed by atoms with Gasteiger partial charge in [0.2, 0.25) is 5.82 Å². The van der Waals surface area contributed by atoms with E-state index in [1.54, 1.807) is 20.8 Å². The Bertz CT molecular complexity index is 819. The lowest BCUT2D eigenvalue weighted by Gasteiger charge is -2.19. The number of rotatable bonds is 4. The molecule has 1 heterocycles. The number of nitrogens with one attached hydrogen (secondary N) is 3. The van der Waals surface area contributed by atoms with E-state index in [-0.39, 0.29) is 17.1 Å². The van der Waals surface area contributed by atoms with E-state index in [1.807, 2.05) is 6.07 Å². The summed E-state index contributed by atoms with van der Waals surface area (Å²) in [6.07, 6.45) is 0.575. The van der Waals surface area contributed by atoms with Crippen LogP contribution in [-0.4, -0.2) is 32.3 Å². The second kappa shape index (κ2) is 7.39. The molecule has 0 saturated heterocycles. The largest absolute Gasteiger partial charge is 0.444 e. The third-order valence-corrected chi connectivity index (χ3v) is 2.69. The van der Waals surface area contributed by atoms with Crippen molar-refractivity contribution in [1.29, 1.82) is 5.26 Å². The van der Waals surface area contributed by atoms with Gasteiger partial charge in [-0.3, -0.25) is 5.32 Å². The van der Waals surface area contributed by atoms with Crippen LogP contribution < -0.4 is 10.6 Å². The third-order valence-electron chi connectivity index (χ3n) is 2.69. The maximum absolute atomic E-state index is 13.9. The van der Waals surface area contributed by atoms with E-state index in [0.29, 0.717) is 5.69 Å². The summed E-state index contributed by atoms with van der Waals surface area (Å²) in [5.41, 5.74) is -0.228. The van der Waals surface area contributed by atoms with E-state index in [4.69, 9.17) is 10.00 Å². The third kappa shape index (κ3) is 5.28. The summed E-state index contributed by atoms with van der Waals surface area (Å²) < 4.78 is 19.0. The second-order valence-electron chi connectivity index (χ2n) is 5.87. The minimum atomic E-state index is -0.662. The highest BCUT2D eigenvalue weighted by Crippen LogP contribution is 2.21. The molecular formula is C15H16FN7O2. The molecule has 0 aliphatic carbocycles. The minimum Gasteiger partial charge on any atom is -0.444 e. The van der Waals surface area contributed by atoms with Crippen LogP contribution in [0.1, 0.15) is 26.6 Å². The van der Waals surface area contributed by atoms with E-state index in [9.17, 15) is 9.18 Å². The monoisotopic (exact) mass is 345 g/mol. The van der Waals surface area contributed by atoms with Crippen LogP contribution in [0.4, 0.5) is 20.6 Å². The Labute approximate surface area is 142 Å². The molecular weight excluding hydrogens is 329 g/mol. The summed E-state index contributed by atoms with van der Waals surface area (Å²) in [7, 11) is 0. The van der Waals surface area contributed by atoms with Gasteiger partial charge in [-0.05, 0) is 44.2 Å². The Hall–Kier alpha value is -3.48. The Morgan fingerprint density at radius 2 is 2.20 bits per heavy atom. The van der Waals surface area contributed by atoms with Crippen LogP contribution in [0.25, 0.3) is 5.57 Å². The molecule has 2 aromatic rings. The zero-order valence-corrected chi connectivity index (χ0v) is 13.8. The first-order valence-corrected chi connectivity index (χ1v) is 7.18. The Kier molecular flexibility index (Phi) is 5.28. The van der Waals surface area contributed by atoms with Gasteiger partial charge in [-0.1, -0.05) is 0 Å². The molecule has 0 spiro atoms. The number of nitrogens with zero attached hydrogens (tertiary/aromatic N) is 4. The van der Waals surface area contributed by atoms with Crippen molar-refractivity contribution in [2.45, 2.75) is 26.4 Å². The molecule has 0 unspecified atom stereocenters. The number of hydrogen-bond donors (Lipinski definition) is 3. The highest BCUT2D eigenvalue weighted by atomic mass is 19.1. The van der Waals surface area contributed by atoms with Gasteiger partial charge in [-0.15, -0.1) is 10.2 Å². The molecule has 1 aromatic carbocycles. The van der Waals surface area contributed by atoms with Crippen LogP contribution in [-0.2, 0) is 4.74 Å². The highest BCUT2D eigenvalue weighted by Gasteiger charge is 2.16. The number of allylic oxidation sites excluding steroid dienone is 1. The van der Waals surface area contributed by atoms with Crippen LogP contribution in [0.2, 0.25) is 0 Å². The van der Waals surface area contributed by atoms with Crippen molar-refractivity contribution >= 4 is 23.0 Å². The molecule has 1 aromatic heterocycles. The molecule has 0 bridgehead atoms. The Balaban J connectivity index is 2.14. The first-order valence-electron chi connectivity index (χ1n) is 7.18. The predicted octanol–water partition coefficient (Wildman–Crippen LogP) is 2.66. The van der Waals surface area contributed by atoms with Crippen molar-refractivity contribution in [2.24, 2.45) is 0 Å². The van der Waals surface area contributed by atoms with Gasteiger partial charge in [0.05, 0.1) is 5.69 Å². The topological polar surface area (TPSA) is 129 Å². The summed E-state index contributed by atoms with van der Waals surface area (Å²) >= 11 is 0. The average Bonchev–Trinajstić information content (AvgIpc) is 3.03. The maximum Gasteiger partial charge on any atom is 0.412 e. The van der Waals surface area contributed by atoms with Crippen molar-refractivity contribution in [3.05, 3.63) is 36.0 Å². The predicted molar refractivity (Wildman–Crippen MR) is 87.6 cm³/mol. The molecule has 0 radical (unpaired) electrons. The first-order chi connectivity index (χ1) is 11.8. The van der Waals surface area contributed by atoms with Crippen LogP contribution in [0.5, 0.6) is 0 Å². The quantitative estimate of drug-likeness (QED) is 0.726. The number of carbonyl (C=O) groups excluding carboxylic acids is 1. The fourth-order valence-electron chi connectivity index (χ4n) is 1.71. The molecule has 25 heavy (non-hydrogen) atoms. The van der Waals surface area contributed by atoms with Gasteiger partial charge in [0.1, 0.15) is 23.1 Å².